The fourth-order valence-corrected chi connectivity index (χ4v) is 17.0. The van der Waals surface area contributed by atoms with Crippen LogP contribution in [0.1, 0.15) is 0 Å². The van der Waals surface area contributed by atoms with Crippen molar-refractivity contribution in [2.45, 2.75) is 0 Å². The molecule has 0 spiro atoms. The van der Waals surface area contributed by atoms with Crippen LogP contribution in [0.3, 0.4) is 0 Å². The number of fused-ring (bicyclic) bond motifs is 18. The van der Waals surface area contributed by atoms with Crippen LogP contribution in [0.5, 0.6) is 0 Å². The number of thiophene rings is 1. The van der Waals surface area contributed by atoms with Crippen molar-refractivity contribution >= 4 is 141 Å². The van der Waals surface area contributed by atoms with Crippen LogP contribution in [-0.4, -0.2) is 39.0 Å². The maximum Gasteiger partial charge on any atom is 0.238 e. The molecule has 0 saturated heterocycles. The van der Waals surface area contributed by atoms with Crippen molar-refractivity contribution in [3.8, 4) is 90.8 Å². The smallest absolute Gasteiger partial charge is 0.238 e. The number of rotatable bonds is 9. The van der Waals surface area contributed by atoms with Gasteiger partial charge in [-0.05, 0) is 118 Å². The molecule has 0 N–H and O–H groups in total. The molecular formula is C90H50N8O3S. The summed E-state index contributed by atoms with van der Waals surface area (Å²) in [5.41, 5.74) is 17.5. The quantitative estimate of drug-likeness (QED) is 0.139. The summed E-state index contributed by atoms with van der Waals surface area (Å²) in [4.78, 5) is 32.6. The van der Waals surface area contributed by atoms with Crippen LogP contribution >= 0.6 is 11.3 Å². The van der Waals surface area contributed by atoms with E-state index in [9.17, 15) is 0 Å². The Morgan fingerprint density at radius 3 is 1.37 bits per heavy atom. The number of aromatic nitrogens is 8. The number of para-hydroxylation sites is 6. The first-order chi connectivity index (χ1) is 50.5. The zero-order valence-corrected chi connectivity index (χ0v) is 54.9. The van der Waals surface area contributed by atoms with Crippen LogP contribution < -0.4 is 0 Å². The molecule has 22 aromatic rings. The minimum absolute atomic E-state index is 0.458. The van der Waals surface area contributed by atoms with Gasteiger partial charge in [0.2, 0.25) is 11.9 Å². The molecule has 8 heterocycles. The van der Waals surface area contributed by atoms with Gasteiger partial charge in [0, 0.05) is 85.2 Å². The van der Waals surface area contributed by atoms with Crippen LogP contribution in [0.15, 0.2) is 317 Å². The number of furan rings is 3. The van der Waals surface area contributed by atoms with Crippen molar-refractivity contribution in [1.82, 2.24) is 39.0 Å². The van der Waals surface area contributed by atoms with Gasteiger partial charge in [0.1, 0.15) is 33.5 Å². The largest absolute Gasteiger partial charge is 0.456 e. The highest BCUT2D eigenvalue weighted by Crippen LogP contribution is 2.47. The minimum Gasteiger partial charge on any atom is -0.456 e. The average molecular weight is 1320 g/mol. The molecule has 12 heteroatoms. The molecule has 0 unspecified atom stereocenters. The summed E-state index contributed by atoms with van der Waals surface area (Å²) in [5.74, 6) is 2.90. The van der Waals surface area contributed by atoms with E-state index in [1.807, 2.05) is 59.9 Å². The van der Waals surface area contributed by atoms with Crippen molar-refractivity contribution in [2.24, 2.45) is 0 Å². The summed E-state index contributed by atoms with van der Waals surface area (Å²) < 4.78 is 27.8. The topological polar surface area (TPSA) is 127 Å². The summed E-state index contributed by atoms with van der Waals surface area (Å²) >= 11 is 1.83. The molecule has 474 valence electrons. The van der Waals surface area contributed by atoms with Gasteiger partial charge in [0.25, 0.3) is 0 Å². The highest BCUT2D eigenvalue weighted by atomic mass is 32.1. The van der Waals surface area contributed by atoms with Crippen molar-refractivity contribution in [2.75, 3.05) is 0 Å². The second kappa shape index (κ2) is 21.9. The third-order valence-electron chi connectivity index (χ3n) is 20.3. The molecule has 0 atom stereocenters. The van der Waals surface area contributed by atoms with Gasteiger partial charge in [-0.1, -0.05) is 218 Å². The lowest BCUT2D eigenvalue weighted by Gasteiger charge is -2.13. The minimum atomic E-state index is 0.458. The molecule has 0 aliphatic carbocycles. The predicted molar refractivity (Wildman–Crippen MR) is 415 cm³/mol. The van der Waals surface area contributed by atoms with E-state index in [2.05, 4.69) is 264 Å². The molecule has 22 rings (SSSR count). The molecule has 102 heavy (non-hydrogen) atoms. The number of nitrogens with zero attached hydrogens (tertiary/aromatic N) is 8. The first kappa shape index (κ1) is 56.3. The molecule has 11 nitrogen and oxygen atoms in total. The van der Waals surface area contributed by atoms with Gasteiger partial charge in [-0.3, -0.25) is 9.13 Å². The van der Waals surface area contributed by atoms with Gasteiger partial charge in [-0.25, -0.2) is 9.97 Å². The Morgan fingerprint density at radius 2 is 0.676 bits per heavy atom. The summed E-state index contributed by atoms with van der Waals surface area (Å²) in [6.45, 7) is 0. The Labute approximate surface area is 583 Å². The summed E-state index contributed by atoms with van der Waals surface area (Å²) in [7, 11) is 0. The lowest BCUT2D eigenvalue weighted by Crippen LogP contribution is -2.06. The van der Waals surface area contributed by atoms with E-state index in [1.165, 1.54) is 25.7 Å². The van der Waals surface area contributed by atoms with Crippen molar-refractivity contribution < 1.29 is 13.3 Å². The van der Waals surface area contributed by atoms with E-state index in [0.29, 0.717) is 57.5 Å². The van der Waals surface area contributed by atoms with Crippen molar-refractivity contribution in [1.29, 1.82) is 0 Å². The first-order valence-electron chi connectivity index (χ1n) is 34.0. The third-order valence-corrected chi connectivity index (χ3v) is 21.5. The molecular weight excluding hydrogens is 1270 g/mol. The Balaban J connectivity index is 0.750. The fourth-order valence-electron chi connectivity index (χ4n) is 15.7. The number of hydrogen-bond donors (Lipinski definition) is 0. The van der Waals surface area contributed by atoms with Gasteiger partial charge in [-0.2, -0.15) is 19.9 Å². The number of hydrogen-bond acceptors (Lipinski definition) is 10. The second-order valence-corrected chi connectivity index (χ2v) is 27.0. The zero-order valence-electron chi connectivity index (χ0n) is 54.1. The fraction of sp³-hybridized carbons (Fsp3) is 0. The predicted octanol–water partition coefficient (Wildman–Crippen LogP) is 24.0. The highest BCUT2D eigenvalue weighted by Gasteiger charge is 2.27. The lowest BCUT2D eigenvalue weighted by atomic mass is 9.94. The summed E-state index contributed by atoms with van der Waals surface area (Å²) in [5, 5.41) is 12.8. The van der Waals surface area contributed by atoms with Gasteiger partial charge < -0.3 is 13.3 Å². The average Bonchev–Trinajstić information content (AvgIpc) is 1.76. The van der Waals surface area contributed by atoms with E-state index >= 15 is 0 Å². The number of benzene rings is 14. The zero-order chi connectivity index (χ0) is 66.7. The normalized spacial score (nSPS) is 12.1. The maximum atomic E-state index is 7.41. The standard InChI is InChI=1S/C90H50N8O3S/c1-2-20-51(21-3-1)85-91-88(96-89(93-85)97-71-35-10-4-24-59(71)60-25-5-11-36-72(60)97)70-47-46-57(81-68-45-43-53(49-78(68)101-83(70)81)56-30-19-40-76-80(56)67-29-8-14-39-75(67)99-76)52-22-16-23-55(48-52)86-92-87(95-90(94-86)98-73-37-12-6-26-61(73)62-27-7-13-38-74(62)98)69-34-18-32-65-63-44-42-54(50-77(63)100-82(65)69)58-31-17-33-66-64-28-9-15-41-79(64)102-84(58)66/h1-50H. The van der Waals surface area contributed by atoms with E-state index in [4.69, 9.17) is 43.2 Å². The van der Waals surface area contributed by atoms with Gasteiger partial charge in [0.15, 0.2) is 23.3 Å². The SMILES string of the molecule is c1ccc(-c2nc(-c3ccc(-c4cccc(-c5nc(-c6cccc7c6oc6cc(-c8cccc9c8sc8ccccc89)ccc67)nc(-n6c7ccccc7c7ccccc76)n5)c4)c4c3oc3cc(-c5cccc6oc7ccccc7c56)ccc34)nc(-n3c4ccccc4c4ccccc43)n2)cc1. The van der Waals surface area contributed by atoms with Crippen LogP contribution in [0.25, 0.3) is 220 Å². The third kappa shape index (κ3) is 8.54. The highest BCUT2D eigenvalue weighted by molar-refractivity contribution is 7.26. The molecule has 0 aliphatic heterocycles. The Hall–Kier alpha value is -13.7. The first-order valence-corrected chi connectivity index (χ1v) is 34.8. The van der Waals surface area contributed by atoms with Crippen molar-refractivity contribution in [3.05, 3.63) is 303 Å². The second-order valence-electron chi connectivity index (χ2n) is 26.0. The van der Waals surface area contributed by atoms with Gasteiger partial charge in [-0.15, -0.1) is 11.3 Å². The molecule has 0 amide bonds. The molecule has 0 fully saturated rings. The molecule has 8 aromatic heterocycles. The van der Waals surface area contributed by atoms with E-state index in [-0.39, 0.29) is 0 Å². The molecule has 0 saturated carbocycles. The Morgan fingerprint density at radius 1 is 0.235 bits per heavy atom. The summed E-state index contributed by atoms with van der Waals surface area (Å²) in [6, 6.07) is 106. The van der Waals surface area contributed by atoms with Gasteiger partial charge >= 0.3 is 0 Å². The Bertz CT molecular complexity index is 7190. The Kier molecular flexibility index (Phi) is 12.1. The van der Waals surface area contributed by atoms with Crippen LogP contribution in [0, 0.1) is 0 Å². The molecule has 14 aromatic carbocycles. The van der Waals surface area contributed by atoms with E-state index in [0.717, 1.165) is 137 Å². The van der Waals surface area contributed by atoms with E-state index in [1.54, 1.807) is 0 Å². The van der Waals surface area contributed by atoms with Crippen LogP contribution in [-0.2, 0) is 0 Å². The molecule has 0 radical (unpaired) electrons. The monoisotopic (exact) mass is 1320 g/mol. The lowest BCUT2D eigenvalue weighted by molar-refractivity contribution is 0.668. The van der Waals surface area contributed by atoms with Crippen LogP contribution in [0.2, 0.25) is 0 Å². The van der Waals surface area contributed by atoms with Crippen molar-refractivity contribution in [3.63, 3.8) is 0 Å². The summed E-state index contributed by atoms with van der Waals surface area (Å²) in [6.07, 6.45) is 0. The maximum absolute atomic E-state index is 7.41. The van der Waals surface area contributed by atoms with Crippen LogP contribution in [0.4, 0.5) is 0 Å². The van der Waals surface area contributed by atoms with Gasteiger partial charge in [0.05, 0.1) is 33.2 Å². The molecule has 0 aliphatic rings. The molecule has 0 bridgehead atoms. The van der Waals surface area contributed by atoms with E-state index < -0.39 is 0 Å².